The van der Waals surface area contributed by atoms with Gasteiger partial charge >= 0.3 is 0 Å². The number of aryl methyl sites for hydroxylation is 1. The van der Waals surface area contributed by atoms with Gasteiger partial charge in [-0.15, -0.1) is 10.2 Å². The van der Waals surface area contributed by atoms with Crippen LogP contribution in [0.3, 0.4) is 0 Å². The molecule has 0 bridgehead atoms. The number of nitrogens with zero attached hydrogens (tertiary/aromatic N) is 4. The van der Waals surface area contributed by atoms with E-state index in [9.17, 15) is 0 Å². The number of nitrogens with two attached hydrogens (primary N) is 1. The molecule has 2 heterocycles. The molecule has 0 aliphatic carbocycles. The summed E-state index contributed by atoms with van der Waals surface area (Å²) in [5, 5.41) is 12.0. The van der Waals surface area contributed by atoms with Gasteiger partial charge in [0.2, 0.25) is 5.89 Å². The minimum atomic E-state index is 0.374. The molecule has 3 rings (SSSR count). The number of anilines is 1. The van der Waals surface area contributed by atoms with Crippen LogP contribution in [-0.4, -0.2) is 20.0 Å². The zero-order chi connectivity index (χ0) is 12.5. The van der Waals surface area contributed by atoms with Gasteiger partial charge in [0.05, 0.1) is 0 Å². The van der Waals surface area contributed by atoms with E-state index in [-0.39, 0.29) is 0 Å². The molecule has 1 aromatic carbocycles. The van der Waals surface area contributed by atoms with Crippen LogP contribution < -0.4 is 5.73 Å². The summed E-state index contributed by atoms with van der Waals surface area (Å²) in [5.41, 5.74) is 7.28. The Morgan fingerprint density at radius 1 is 1.11 bits per heavy atom. The number of nitrogen functional groups attached to an aromatic ring is 1. The lowest BCUT2D eigenvalue weighted by atomic mass is 10.2. The van der Waals surface area contributed by atoms with E-state index in [1.807, 2.05) is 30.3 Å². The zero-order valence-electron chi connectivity index (χ0n) is 9.74. The molecule has 6 heteroatoms. The summed E-state index contributed by atoms with van der Waals surface area (Å²) in [6, 6.07) is 9.57. The van der Waals surface area contributed by atoms with Crippen LogP contribution in [-0.2, 0) is 7.05 Å². The molecular weight excluding hydrogens is 230 g/mol. The maximum atomic E-state index is 5.76. The molecule has 0 amide bonds. The second-order valence-electron chi connectivity index (χ2n) is 3.88. The molecule has 18 heavy (non-hydrogen) atoms. The number of aromatic nitrogens is 4. The number of hydrogen-bond acceptors (Lipinski definition) is 5. The Balaban J connectivity index is 2.02. The van der Waals surface area contributed by atoms with Gasteiger partial charge in [0, 0.05) is 18.8 Å². The van der Waals surface area contributed by atoms with Gasteiger partial charge < -0.3 is 10.2 Å². The Hall–Kier alpha value is -2.63. The molecule has 0 aliphatic heterocycles. The molecule has 0 spiro atoms. The molecule has 0 aliphatic rings. The van der Waals surface area contributed by atoms with Gasteiger partial charge in [-0.2, -0.15) is 5.10 Å². The molecule has 0 unspecified atom stereocenters. The molecule has 90 valence electrons. The highest BCUT2D eigenvalue weighted by atomic mass is 16.4. The molecule has 0 fully saturated rings. The van der Waals surface area contributed by atoms with Crippen molar-refractivity contribution in [1.82, 2.24) is 20.0 Å². The summed E-state index contributed by atoms with van der Waals surface area (Å²) in [6.45, 7) is 0. The van der Waals surface area contributed by atoms with Crippen molar-refractivity contribution in [2.45, 2.75) is 0 Å². The van der Waals surface area contributed by atoms with Crippen LogP contribution in [0, 0.1) is 0 Å². The minimum Gasteiger partial charge on any atom is -0.416 e. The van der Waals surface area contributed by atoms with Crippen LogP contribution in [0.2, 0.25) is 0 Å². The third-order valence-corrected chi connectivity index (χ3v) is 2.53. The van der Waals surface area contributed by atoms with Crippen LogP contribution >= 0.6 is 0 Å². The van der Waals surface area contributed by atoms with E-state index < -0.39 is 0 Å². The van der Waals surface area contributed by atoms with E-state index in [0.29, 0.717) is 23.2 Å². The maximum Gasteiger partial charge on any atom is 0.253 e. The fourth-order valence-electron chi connectivity index (χ4n) is 1.70. The Kier molecular flexibility index (Phi) is 2.33. The normalized spacial score (nSPS) is 10.7. The van der Waals surface area contributed by atoms with Crippen LogP contribution in [0.4, 0.5) is 5.82 Å². The van der Waals surface area contributed by atoms with Crippen molar-refractivity contribution >= 4 is 5.82 Å². The smallest absolute Gasteiger partial charge is 0.253 e. The largest absolute Gasteiger partial charge is 0.416 e. The van der Waals surface area contributed by atoms with Gasteiger partial charge in [-0.05, 0) is 12.1 Å². The average Bonchev–Trinajstić information content (AvgIpc) is 2.97. The number of benzene rings is 1. The van der Waals surface area contributed by atoms with Crippen molar-refractivity contribution in [3.63, 3.8) is 0 Å². The fourth-order valence-corrected chi connectivity index (χ4v) is 1.70. The van der Waals surface area contributed by atoms with Gasteiger partial charge in [-0.3, -0.25) is 4.68 Å². The van der Waals surface area contributed by atoms with Gasteiger partial charge in [0.1, 0.15) is 5.56 Å². The maximum absolute atomic E-state index is 5.76. The standard InChI is InChI=1S/C12H11N5O/c1-17-7-9(10(13)16-17)12-15-14-11(18-12)8-5-3-2-4-6-8/h2-7H,1H3,(H2,13,16). The quantitative estimate of drug-likeness (QED) is 0.738. The highest BCUT2D eigenvalue weighted by Gasteiger charge is 2.15. The summed E-state index contributed by atoms with van der Waals surface area (Å²) in [7, 11) is 1.79. The van der Waals surface area contributed by atoms with E-state index in [1.54, 1.807) is 17.9 Å². The Morgan fingerprint density at radius 2 is 1.83 bits per heavy atom. The summed E-state index contributed by atoms with van der Waals surface area (Å²) < 4.78 is 7.20. The molecule has 0 atom stereocenters. The van der Waals surface area contributed by atoms with Crippen LogP contribution in [0.1, 0.15) is 0 Å². The molecule has 0 saturated carbocycles. The molecule has 3 aromatic rings. The first-order valence-corrected chi connectivity index (χ1v) is 5.42. The van der Waals surface area contributed by atoms with Gasteiger partial charge in [0.25, 0.3) is 5.89 Å². The first-order chi connectivity index (χ1) is 8.74. The lowest BCUT2D eigenvalue weighted by Gasteiger charge is -1.92. The Morgan fingerprint density at radius 3 is 2.50 bits per heavy atom. The van der Waals surface area contributed by atoms with Crippen molar-refractivity contribution in [2.24, 2.45) is 7.05 Å². The first kappa shape index (κ1) is 10.5. The molecule has 6 nitrogen and oxygen atoms in total. The third-order valence-electron chi connectivity index (χ3n) is 2.53. The highest BCUT2D eigenvalue weighted by Crippen LogP contribution is 2.26. The second-order valence-corrected chi connectivity index (χ2v) is 3.88. The molecular formula is C12H11N5O. The Bertz CT molecular complexity index is 671. The number of hydrogen-bond donors (Lipinski definition) is 1. The Labute approximate surface area is 103 Å². The fraction of sp³-hybridized carbons (Fsp3) is 0.0833. The summed E-state index contributed by atoms with van der Waals surface area (Å²) >= 11 is 0. The minimum absolute atomic E-state index is 0.374. The van der Waals surface area contributed by atoms with E-state index in [0.717, 1.165) is 5.56 Å². The predicted octanol–water partition coefficient (Wildman–Crippen LogP) is 1.72. The number of rotatable bonds is 2. The summed E-state index contributed by atoms with van der Waals surface area (Å²) in [4.78, 5) is 0. The average molecular weight is 241 g/mol. The topological polar surface area (TPSA) is 82.8 Å². The predicted molar refractivity (Wildman–Crippen MR) is 66.3 cm³/mol. The zero-order valence-corrected chi connectivity index (χ0v) is 9.74. The van der Waals surface area contributed by atoms with Crippen molar-refractivity contribution in [2.75, 3.05) is 5.73 Å². The van der Waals surface area contributed by atoms with Crippen molar-refractivity contribution in [1.29, 1.82) is 0 Å². The van der Waals surface area contributed by atoms with Crippen molar-refractivity contribution in [3.8, 4) is 22.9 Å². The van der Waals surface area contributed by atoms with Gasteiger partial charge in [0.15, 0.2) is 5.82 Å². The van der Waals surface area contributed by atoms with Gasteiger partial charge in [-0.25, -0.2) is 0 Å². The lowest BCUT2D eigenvalue weighted by molar-refractivity contribution is 0.584. The van der Waals surface area contributed by atoms with Gasteiger partial charge in [-0.1, -0.05) is 18.2 Å². The van der Waals surface area contributed by atoms with E-state index in [1.165, 1.54) is 0 Å². The molecule has 0 saturated heterocycles. The van der Waals surface area contributed by atoms with Crippen LogP contribution in [0.25, 0.3) is 22.9 Å². The molecule has 0 radical (unpaired) electrons. The monoisotopic (exact) mass is 241 g/mol. The summed E-state index contributed by atoms with van der Waals surface area (Å²) in [6.07, 6.45) is 1.75. The molecule has 2 aromatic heterocycles. The van der Waals surface area contributed by atoms with Crippen molar-refractivity contribution in [3.05, 3.63) is 36.5 Å². The SMILES string of the molecule is Cn1cc(-c2nnc(-c3ccccc3)o2)c(N)n1. The van der Waals surface area contributed by atoms with Crippen LogP contribution in [0.15, 0.2) is 40.9 Å². The van der Waals surface area contributed by atoms with Crippen LogP contribution in [0.5, 0.6) is 0 Å². The lowest BCUT2D eigenvalue weighted by Crippen LogP contribution is -1.90. The van der Waals surface area contributed by atoms with E-state index in [4.69, 9.17) is 10.2 Å². The van der Waals surface area contributed by atoms with E-state index in [2.05, 4.69) is 15.3 Å². The molecule has 2 N–H and O–H groups in total. The first-order valence-electron chi connectivity index (χ1n) is 5.42. The second kappa shape index (κ2) is 3.99. The van der Waals surface area contributed by atoms with Crippen molar-refractivity contribution < 1.29 is 4.42 Å². The van der Waals surface area contributed by atoms with E-state index >= 15 is 0 Å². The third kappa shape index (κ3) is 1.73. The summed E-state index contributed by atoms with van der Waals surface area (Å²) in [5.74, 6) is 1.22. The highest BCUT2D eigenvalue weighted by molar-refractivity contribution is 5.67.